The van der Waals surface area contributed by atoms with Gasteiger partial charge in [0.05, 0.1) is 0 Å². The van der Waals surface area contributed by atoms with Gasteiger partial charge in [0.1, 0.15) is 0 Å². The van der Waals surface area contributed by atoms with E-state index in [1.807, 2.05) is 0 Å². The molecule has 0 heterocycles. The lowest BCUT2D eigenvalue weighted by Gasteiger charge is -2.02. The van der Waals surface area contributed by atoms with Crippen molar-refractivity contribution in [1.29, 1.82) is 0 Å². The summed E-state index contributed by atoms with van der Waals surface area (Å²) in [6, 6.07) is 7.47. The lowest BCUT2D eigenvalue weighted by molar-refractivity contribution is 1.09. The van der Waals surface area contributed by atoms with Gasteiger partial charge in [-0.15, -0.1) is 0 Å². The Hall–Kier alpha value is -0.300. The van der Waals surface area contributed by atoms with Crippen LogP contribution in [0.25, 0.3) is 0 Å². The summed E-state index contributed by atoms with van der Waals surface area (Å²) in [4.78, 5) is 0. The molecule has 0 aliphatic carbocycles. The highest BCUT2D eigenvalue weighted by Gasteiger charge is 1.97. The summed E-state index contributed by atoms with van der Waals surface area (Å²) in [7, 11) is 0. The number of benzene rings is 1. The first-order valence-electron chi connectivity index (χ1n) is 3.97. The normalized spacial score (nSPS) is 10.1. The van der Waals surface area contributed by atoms with Crippen molar-refractivity contribution in [3.63, 3.8) is 0 Å². The topological polar surface area (TPSA) is 0 Å². The number of hydrogen-bond acceptors (Lipinski definition) is 0. The fourth-order valence-electron chi connectivity index (χ4n) is 1.01. The van der Waals surface area contributed by atoms with Gasteiger partial charge in [0.25, 0.3) is 0 Å². The molecule has 0 bridgehead atoms. The molecular formula is C10H12Br. The lowest BCUT2D eigenvalue weighted by atomic mass is 10.1. The molecular weight excluding hydrogens is 200 g/mol. The highest BCUT2D eigenvalue weighted by atomic mass is 79.9. The van der Waals surface area contributed by atoms with Crippen molar-refractivity contribution in [1.82, 2.24) is 0 Å². The van der Waals surface area contributed by atoms with Crippen LogP contribution in [-0.4, -0.2) is 0 Å². The predicted octanol–water partition coefficient (Wildman–Crippen LogP) is 3.37. The monoisotopic (exact) mass is 211 g/mol. The summed E-state index contributed by atoms with van der Waals surface area (Å²) in [6.07, 6.45) is 2.13. The van der Waals surface area contributed by atoms with Gasteiger partial charge in [-0.2, -0.15) is 0 Å². The van der Waals surface area contributed by atoms with E-state index in [2.05, 4.69) is 48.0 Å². The molecule has 1 heteroatoms. The molecule has 0 aliphatic heterocycles. The van der Waals surface area contributed by atoms with Crippen molar-refractivity contribution >= 4 is 15.9 Å². The Morgan fingerprint density at radius 2 is 2.09 bits per heavy atom. The second kappa shape index (κ2) is 3.91. The molecule has 1 radical (unpaired) electrons. The Kier molecular flexibility index (Phi) is 3.13. The molecule has 0 nitrogen and oxygen atoms in total. The molecule has 0 saturated heterocycles. The Balaban J connectivity index is 2.99. The molecule has 11 heavy (non-hydrogen) atoms. The molecule has 0 spiro atoms. The summed E-state index contributed by atoms with van der Waals surface area (Å²) in [5.74, 6) is 0. The van der Waals surface area contributed by atoms with Crippen LogP contribution in [0.15, 0.2) is 16.6 Å². The van der Waals surface area contributed by atoms with Crippen LogP contribution in [0.3, 0.4) is 0 Å². The largest absolute Gasteiger partial charge is 0.0613 e. The molecule has 0 fully saturated rings. The van der Waals surface area contributed by atoms with E-state index >= 15 is 0 Å². The molecule has 0 N–H and O–H groups in total. The van der Waals surface area contributed by atoms with Crippen LogP contribution in [0.5, 0.6) is 0 Å². The van der Waals surface area contributed by atoms with Crippen molar-refractivity contribution in [2.24, 2.45) is 0 Å². The van der Waals surface area contributed by atoms with E-state index in [1.165, 1.54) is 15.6 Å². The summed E-state index contributed by atoms with van der Waals surface area (Å²) < 4.78 is 1.22. The fourth-order valence-corrected chi connectivity index (χ4v) is 1.68. The van der Waals surface area contributed by atoms with Gasteiger partial charge < -0.3 is 0 Å². The number of hydrogen-bond donors (Lipinski definition) is 0. The first kappa shape index (κ1) is 8.79. The van der Waals surface area contributed by atoms with Gasteiger partial charge in [0.15, 0.2) is 0 Å². The van der Waals surface area contributed by atoms with Gasteiger partial charge in [-0.3, -0.25) is 0 Å². The maximum atomic E-state index is 3.53. The third-order valence-corrected chi connectivity index (χ3v) is 2.54. The predicted molar refractivity (Wildman–Crippen MR) is 51.7 cm³/mol. The molecule has 0 atom stereocenters. The van der Waals surface area contributed by atoms with E-state index in [0.717, 1.165) is 12.8 Å². The van der Waals surface area contributed by atoms with Crippen LogP contribution in [0.1, 0.15) is 25.0 Å². The van der Waals surface area contributed by atoms with Gasteiger partial charge in [-0.25, -0.2) is 0 Å². The van der Waals surface area contributed by atoms with E-state index in [-0.39, 0.29) is 0 Å². The van der Waals surface area contributed by atoms with Crippen molar-refractivity contribution in [2.45, 2.75) is 26.7 Å². The van der Waals surface area contributed by atoms with E-state index in [4.69, 9.17) is 0 Å². The van der Waals surface area contributed by atoms with Crippen molar-refractivity contribution < 1.29 is 0 Å². The third-order valence-electron chi connectivity index (χ3n) is 1.80. The second-order valence-electron chi connectivity index (χ2n) is 2.54. The van der Waals surface area contributed by atoms with E-state index in [0.29, 0.717) is 0 Å². The zero-order chi connectivity index (χ0) is 8.27. The second-order valence-corrected chi connectivity index (χ2v) is 3.39. The summed E-state index contributed by atoms with van der Waals surface area (Å²) >= 11 is 3.53. The SMILES string of the molecule is CCc1[c]cc(CC)c(Br)c1. The van der Waals surface area contributed by atoms with Gasteiger partial charge in [-0.1, -0.05) is 29.8 Å². The zero-order valence-electron chi connectivity index (χ0n) is 6.95. The lowest BCUT2D eigenvalue weighted by Crippen LogP contribution is -1.86. The molecule has 0 saturated carbocycles. The van der Waals surface area contributed by atoms with Crippen molar-refractivity contribution in [3.05, 3.63) is 33.8 Å². The van der Waals surface area contributed by atoms with Gasteiger partial charge in [0, 0.05) is 4.47 Å². The zero-order valence-corrected chi connectivity index (χ0v) is 8.53. The molecule has 0 unspecified atom stereocenters. The average Bonchev–Trinajstić information content (AvgIpc) is 2.04. The Morgan fingerprint density at radius 1 is 1.36 bits per heavy atom. The highest BCUT2D eigenvalue weighted by Crippen LogP contribution is 2.18. The Bertz CT molecular complexity index is 241. The third kappa shape index (κ3) is 2.06. The summed E-state index contributed by atoms with van der Waals surface area (Å²) in [5, 5.41) is 0. The van der Waals surface area contributed by atoms with Crippen LogP contribution in [0, 0.1) is 6.07 Å². The van der Waals surface area contributed by atoms with Crippen LogP contribution >= 0.6 is 15.9 Å². The number of halogens is 1. The first-order valence-corrected chi connectivity index (χ1v) is 4.76. The number of aryl methyl sites for hydroxylation is 2. The minimum Gasteiger partial charge on any atom is -0.0613 e. The van der Waals surface area contributed by atoms with E-state index in [9.17, 15) is 0 Å². The molecule has 0 aliphatic rings. The van der Waals surface area contributed by atoms with Gasteiger partial charge >= 0.3 is 0 Å². The highest BCUT2D eigenvalue weighted by molar-refractivity contribution is 9.10. The molecule has 1 rings (SSSR count). The fraction of sp³-hybridized carbons (Fsp3) is 0.400. The first-order chi connectivity index (χ1) is 5.27. The summed E-state index contributed by atoms with van der Waals surface area (Å²) in [6.45, 7) is 4.30. The molecule has 1 aromatic rings. The van der Waals surface area contributed by atoms with Crippen LogP contribution in [0.2, 0.25) is 0 Å². The van der Waals surface area contributed by atoms with Gasteiger partial charge in [-0.05, 0) is 42.2 Å². The Morgan fingerprint density at radius 3 is 2.55 bits per heavy atom. The van der Waals surface area contributed by atoms with Crippen molar-refractivity contribution in [3.8, 4) is 0 Å². The average molecular weight is 212 g/mol. The smallest absolute Gasteiger partial charge is 0.0210 e. The molecule has 1 aromatic carbocycles. The van der Waals surface area contributed by atoms with Gasteiger partial charge in [0.2, 0.25) is 0 Å². The molecule has 0 amide bonds. The summed E-state index contributed by atoms with van der Waals surface area (Å²) in [5.41, 5.74) is 2.61. The Labute approximate surface area is 76.8 Å². The maximum Gasteiger partial charge on any atom is 0.0210 e. The quantitative estimate of drug-likeness (QED) is 0.704. The number of rotatable bonds is 2. The maximum absolute atomic E-state index is 3.53. The minimum absolute atomic E-state index is 1.06. The van der Waals surface area contributed by atoms with Crippen molar-refractivity contribution in [2.75, 3.05) is 0 Å². The standard InChI is InChI=1S/C10H12Br/c1-3-8-5-6-9(4-2)10(11)7-8/h6-7H,3-4H2,1-2H3. The van der Waals surface area contributed by atoms with Crippen LogP contribution in [-0.2, 0) is 12.8 Å². The van der Waals surface area contributed by atoms with Crippen LogP contribution in [0.4, 0.5) is 0 Å². The molecule has 59 valence electrons. The van der Waals surface area contributed by atoms with Crippen LogP contribution < -0.4 is 0 Å². The van der Waals surface area contributed by atoms with E-state index in [1.54, 1.807) is 0 Å². The minimum atomic E-state index is 1.06. The molecule has 0 aromatic heterocycles. The van der Waals surface area contributed by atoms with E-state index < -0.39 is 0 Å².